The highest BCUT2D eigenvalue weighted by atomic mass is 16.1. The zero-order valence-corrected chi connectivity index (χ0v) is 9.66. The van der Waals surface area contributed by atoms with E-state index in [1.165, 1.54) is 0 Å². The molecule has 17 heavy (non-hydrogen) atoms. The van der Waals surface area contributed by atoms with Crippen molar-refractivity contribution in [3.05, 3.63) is 42.6 Å². The van der Waals surface area contributed by atoms with E-state index in [4.69, 9.17) is 5.73 Å². The molecule has 1 aromatic heterocycles. The van der Waals surface area contributed by atoms with Crippen molar-refractivity contribution in [2.24, 2.45) is 0 Å². The van der Waals surface area contributed by atoms with Gasteiger partial charge in [0.2, 0.25) is 0 Å². The molecule has 1 heterocycles. The van der Waals surface area contributed by atoms with Crippen molar-refractivity contribution in [1.82, 2.24) is 10.3 Å². The molecule has 0 spiro atoms. The average Bonchev–Trinajstić information content (AvgIpc) is 2.71. The number of aromatic amines is 1. The van der Waals surface area contributed by atoms with E-state index in [2.05, 4.69) is 16.9 Å². The Bertz CT molecular complexity index is 571. The van der Waals surface area contributed by atoms with Crippen LogP contribution in [0.1, 0.15) is 17.4 Å². The number of hydrogen-bond acceptors (Lipinski definition) is 2. The molecule has 0 bridgehead atoms. The number of nitrogens with two attached hydrogens (primary N) is 1. The van der Waals surface area contributed by atoms with Gasteiger partial charge in [0.25, 0.3) is 5.91 Å². The van der Waals surface area contributed by atoms with Gasteiger partial charge in [0.1, 0.15) is 5.69 Å². The van der Waals surface area contributed by atoms with E-state index in [-0.39, 0.29) is 11.9 Å². The first-order chi connectivity index (χ1) is 8.10. The van der Waals surface area contributed by atoms with Crippen LogP contribution in [0.2, 0.25) is 0 Å². The van der Waals surface area contributed by atoms with E-state index in [1.807, 2.05) is 19.1 Å². The number of amides is 1. The quantitative estimate of drug-likeness (QED) is 0.557. The Morgan fingerprint density at radius 1 is 1.53 bits per heavy atom. The third-order valence-corrected chi connectivity index (χ3v) is 2.60. The molecule has 88 valence electrons. The summed E-state index contributed by atoms with van der Waals surface area (Å²) in [5.41, 5.74) is 7.79. The van der Waals surface area contributed by atoms with E-state index in [0.717, 1.165) is 10.9 Å². The molecule has 0 fully saturated rings. The summed E-state index contributed by atoms with van der Waals surface area (Å²) < 4.78 is 0. The summed E-state index contributed by atoms with van der Waals surface area (Å²) in [5, 5.41) is 3.73. The minimum absolute atomic E-state index is 0.0565. The van der Waals surface area contributed by atoms with Crippen LogP contribution in [0.5, 0.6) is 0 Å². The Labute approximate surface area is 99.5 Å². The van der Waals surface area contributed by atoms with Crippen LogP contribution in [0.25, 0.3) is 10.9 Å². The molecule has 0 radical (unpaired) electrons. The van der Waals surface area contributed by atoms with Gasteiger partial charge in [-0.1, -0.05) is 6.08 Å². The average molecular weight is 229 g/mol. The second-order valence-corrected chi connectivity index (χ2v) is 4.03. The lowest BCUT2D eigenvalue weighted by Gasteiger charge is -2.07. The lowest BCUT2D eigenvalue weighted by atomic mass is 10.2. The maximum absolute atomic E-state index is 11.8. The molecule has 0 aliphatic carbocycles. The molecular formula is C13H15N3O. The largest absolute Gasteiger partial charge is 0.399 e. The fourth-order valence-electron chi connectivity index (χ4n) is 1.62. The fraction of sp³-hybridized carbons (Fsp3) is 0.154. The van der Waals surface area contributed by atoms with Crippen LogP contribution in [-0.2, 0) is 0 Å². The molecule has 4 N–H and O–H groups in total. The lowest BCUT2D eigenvalue weighted by molar-refractivity contribution is 0.0943. The Morgan fingerprint density at radius 2 is 2.29 bits per heavy atom. The highest BCUT2D eigenvalue weighted by molar-refractivity contribution is 5.98. The third-order valence-electron chi connectivity index (χ3n) is 2.60. The zero-order chi connectivity index (χ0) is 12.4. The van der Waals surface area contributed by atoms with Crippen molar-refractivity contribution in [2.75, 3.05) is 5.73 Å². The predicted molar refractivity (Wildman–Crippen MR) is 69.8 cm³/mol. The Kier molecular flexibility index (Phi) is 2.87. The predicted octanol–water partition coefficient (Wildman–Crippen LogP) is 2.05. The number of anilines is 1. The molecule has 2 aromatic rings. The van der Waals surface area contributed by atoms with Crippen molar-refractivity contribution in [3.63, 3.8) is 0 Å². The van der Waals surface area contributed by atoms with Gasteiger partial charge >= 0.3 is 0 Å². The van der Waals surface area contributed by atoms with Gasteiger partial charge in [-0.15, -0.1) is 6.58 Å². The van der Waals surface area contributed by atoms with Gasteiger partial charge in [0.05, 0.1) is 0 Å². The van der Waals surface area contributed by atoms with Crippen LogP contribution >= 0.6 is 0 Å². The number of nitrogen functional groups attached to an aromatic ring is 1. The smallest absolute Gasteiger partial charge is 0.268 e. The van der Waals surface area contributed by atoms with Crippen molar-refractivity contribution >= 4 is 22.5 Å². The summed E-state index contributed by atoms with van der Waals surface area (Å²) in [4.78, 5) is 14.9. The molecule has 1 amide bonds. The first-order valence-electron chi connectivity index (χ1n) is 5.42. The minimum Gasteiger partial charge on any atom is -0.399 e. The van der Waals surface area contributed by atoms with E-state index >= 15 is 0 Å². The zero-order valence-electron chi connectivity index (χ0n) is 9.66. The first-order valence-corrected chi connectivity index (χ1v) is 5.42. The number of nitrogens with one attached hydrogen (secondary N) is 2. The van der Waals surface area contributed by atoms with Crippen LogP contribution in [-0.4, -0.2) is 16.9 Å². The van der Waals surface area contributed by atoms with Crippen LogP contribution < -0.4 is 11.1 Å². The molecule has 1 unspecified atom stereocenters. The fourth-order valence-corrected chi connectivity index (χ4v) is 1.62. The molecule has 0 saturated heterocycles. The summed E-state index contributed by atoms with van der Waals surface area (Å²) >= 11 is 0. The number of hydrogen-bond donors (Lipinski definition) is 3. The molecule has 2 rings (SSSR count). The second kappa shape index (κ2) is 4.33. The summed E-state index contributed by atoms with van der Waals surface area (Å²) in [6.45, 7) is 5.49. The number of fused-ring (bicyclic) bond motifs is 1. The Hall–Kier alpha value is -2.23. The normalized spacial score (nSPS) is 12.3. The van der Waals surface area contributed by atoms with Crippen LogP contribution in [0, 0.1) is 0 Å². The molecule has 1 atom stereocenters. The van der Waals surface area contributed by atoms with E-state index in [1.54, 1.807) is 18.2 Å². The van der Waals surface area contributed by atoms with Crippen molar-refractivity contribution in [3.8, 4) is 0 Å². The lowest BCUT2D eigenvalue weighted by Crippen LogP contribution is -2.31. The molecule has 4 heteroatoms. The number of H-pyrrole nitrogens is 1. The molecule has 0 aliphatic rings. The summed E-state index contributed by atoms with van der Waals surface area (Å²) in [7, 11) is 0. The first kappa shape index (κ1) is 11.3. The van der Waals surface area contributed by atoms with Crippen LogP contribution in [0.3, 0.4) is 0 Å². The van der Waals surface area contributed by atoms with E-state index in [0.29, 0.717) is 11.4 Å². The Morgan fingerprint density at radius 3 is 3.00 bits per heavy atom. The summed E-state index contributed by atoms with van der Waals surface area (Å²) in [5.74, 6) is -0.146. The van der Waals surface area contributed by atoms with Gasteiger partial charge < -0.3 is 16.0 Å². The molecule has 4 nitrogen and oxygen atoms in total. The van der Waals surface area contributed by atoms with Gasteiger partial charge in [0.15, 0.2) is 0 Å². The van der Waals surface area contributed by atoms with Gasteiger partial charge in [-0.25, -0.2) is 0 Å². The van der Waals surface area contributed by atoms with E-state index in [9.17, 15) is 4.79 Å². The topological polar surface area (TPSA) is 70.9 Å². The molecule has 0 saturated carbocycles. The van der Waals surface area contributed by atoms with Crippen LogP contribution in [0.4, 0.5) is 5.69 Å². The van der Waals surface area contributed by atoms with Crippen molar-refractivity contribution < 1.29 is 4.79 Å². The van der Waals surface area contributed by atoms with E-state index < -0.39 is 0 Å². The monoisotopic (exact) mass is 229 g/mol. The standard InChI is InChI=1S/C13H15N3O/c1-3-8(2)15-13(17)12-7-9-6-10(14)4-5-11(9)16-12/h3-8,16H,1,14H2,2H3,(H,15,17). The summed E-state index contributed by atoms with van der Waals surface area (Å²) in [6, 6.07) is 7.22. The number of benzene rings is 1. The SMILES string of the molecule is C=CC(C)NC(=O)c1cc2cc(N)ccc2[nH]1. The third kappa shape index (κ3) is 2.30. The molecule has 0 aliphatic heterocycles. The summed E-state index contributed by atoms with van der Waals surface area (Å²) in [6.07, 6.45) is 1.68. The minimum atomic E-state index is -0.146. The van der Waals surface area contributed by atoms with Gasteiger partial charge in [-0.05, 0) is 31.2 Å². The highest BCUT2D eigenvalue weighted by Gasteiger charge is 2.10. The maximum Gasteiger partial charge on any atom is 0.268 e. The second-order valence-electron chi connectivity index (χ2n) is 4.03. The molecule has 1 aromatic carbocycles. The highest BCUT2D eigenvalue weighted by Crippen LogP contribution is 2.18. The Balaban J connectivity index is 2.30. The van der Waals surface area contributed by atoms with Gasteiger partial charge in [-0.3, -0.25) is 4.79 Å². The van der Waals surface area contributed by atoms with Gasteiger partial charge in [0, 0.05) is 22.6 Å². The number of aromatic nitrogens is 1. The number of carbonyl (C=O) groups is 1. The van der Waals surface area contributed by atoms with Gasteiger partial charge in [-0.2, -0.15) is 0 Å². The maximum atomic E-state index is 11.8. The number of rotatable bonds is 3. The number of carbonyl (C=O) groups excluding carboxylic acids is 1. The van der Waals surface area contributed by atoms with Crippen molar-refractivity contribution in [2.45, 2.75) is 13.0 Å². The van der Waals surface area contributed by atoms with Crippen LogP contribution in [0.15, 0.2) is 36.9 Å². The van der Waals surface area contributed by atoms with Crippen molar-refractivity contribution in [1.29, 1.82) is 0 Å². The molecular weight excluding hydrogens is 214 g/mol.